The Morgan fingerprint density at radius 2 is 1.48 bits per heavy atom. The molecule has 2 heterocycles. The van der Waals surface area contributed by atoms with Crippen molar-refractivity contribution in [3.05, 3.63) is 107 Å². The highest BCUT2D eigenvalue weighted by Crippen LogP contribution is 2.43. The van der Waals surface area contributed by atoms with E-state index < -0.39 is 0 Å². The fraction of sp³-hybridized carbons (Fsp3) is 0.250. The maximum absolute atomic E-state index is 5.25. The van der Waals surface area contributed by atoms with Crippen LogP contribution in [0.3, 0.4) is 0 Å². The van der Waals surface area contributed by atoms with Gasteiger partial charge in [-0.2, -0.15) is 5.10 Å². The number of anilines is 1. The van der Waals surface area contributed by atoms with Crippen LogP contribution in [0.5, 0.6) is 0 Å². The van der Waals surface area contributed by atoms with Crippen LogP contribution in [-0.4, -0.2) is 30.7 Å². The SMILES string of the molecule is Cc1ccc(/C=C2\CN(C)C[C@H]3C2=NN(c2ccccc2)[C@@H]3c2ccc(C)cc2)cc1. The Morgan fingerprint density at radius 1 is 0.839 bits per heavy atom. The fourth-order valence-electron chi connectivity index (χ4n) is 4.75. The first-order valence-electron chi connectivity index (χ1n) is 11.0. The lowest BCUT2D eigenvalue weighted by Crippen LogP contribution is -2.41. The molecule has 0 bridgehead atoms. The van der Waals surface area contributed by atoms with Crippen LogP contribution < -0.4 is 5.01 Å². The highest BCUT2D eigenvalue weighted by atomic mass is 15.5. The summed E-state index contributed by atoms with van der Waals surface area (Å²) in [7, 11) is 2.22. The van der Waals surface area contributed by atoms with Crippen LogP contribution in [-0.2, 0) is 0 Å². The van der Waals surface area contributed by atoms with Crippen LogP contribution >= 0.6 is 0 Å². The number of rotatable bonds is 3. The van der Waals surface area contributed by atoms with Gasteiger partial charge < -0.3 is 4.90 Å². The molecule has 0 aromatic heterocycles. The number of fused-ring (bicyclic) bond motifs is 1. The number of hydrogen-bond donors (Lipinski definition) is 0. The van der Waals surface area contributed by atoms with E-state index in [1.54, 1.807) is 0 Å². The number of piperidine rings is 1. The minimum atomic E-state index is 0.196. The van der Waals surface area contributed by atoms with E-state index >= 15 is 0 Å². The quantitative estimate of drug-likeness (QED) is 0.541. The van der Waals surface area contributed by atoms with Crippen LogP contribution in [0.4, 0.5) is 5.69 Å². The lowest BCUT2D eigenvalue weighted by Gasteiger charge is -2.34. The van der Waals surface area contributed by atoms with Crippen molar-refractivity contribution in [1.29, 1.82) is 0 Å². The Hall–Kier alpha value is -3.17. The molecule has 156 valence electrons. The minimum absolute atomic E-state index is 0.196. The van der Waals surface area contributed by atoms with Gasteiger partial charge in [0.15, 0.2) is 0 Å². The second kappa shape index (κ2) is 8.16. The molecule has 2 aliphatic heterocycles. The van der Waals surface area contributed by atoms with E-state index in [9.17, 15) is 0 Å². The van der Waals surface area contributed by atoms with Gasteiger partial charge in [-0.15, -0.1) is 0 Å². The maximum atomic E-state index is 5.25. The minimum Gasteiger partial charge on any atom is -0.301 e. The molecule has 3 aromatic rings. The Bertz CT molecular complexity index is 1110. The summed E-state index contributed by atoms with van der Waals surface area (Å²) in [6.07, 6.45) is 2.32. The van der Waals surface area contributed by atoms with E-state index in [-0.39, 0.29) is 6.04 Å². The number of likely N-dealkylation sites (N-methyl/N-ethyl adjacent to an activating group) is 1. The molecule has 2 atom stereocenters. The third kappa shape index (κ3) is 3.94. The van der Waals surface area contributed by atoms with Crippen molar-refractivity contribution in [3.63, 3.8) is 0 Å². The average molecular weight is 408 g/mol. The summed E-state index contributed by atoms with van der Waals surface area (Å²) in [6, 6.07) is 28.5. The monoisotopic (exact) mass is 407 g/mol. The second-order valence-corrected chi connectivity index (χ2v) is 8.90. The first kappa shape index (κ1) is 19.8. The summed E-state index contributed by atoms with van der Waals surface area (Å²) in [4.78, 5) is 2.43. The van der Waals surface area contributed by atoms with Crippen molar-refractivity contribution in [2.24, 2.45) is 11.0 Å². The van der Waals surface area contributed by atoms with Crippen LogP contribution in [0.1, 0.15) is 28.3 Å². The van der Waals surface area contributed by atoms with Gasteiger partial charge in [0.1, 0.15) is 0 Å². The summed E-state index contributed by atoms with van der Waals surface area (Å²) in [5.74, 6) is 0.332. The first-order valence-corrected chi connectivity index (χ1v) is 11.0. The molecule has 1 fully saturated rings. The van der Waals surface area contributed by atoms with Gasteiger partial charge in [0.2, 0.25) is 0 Å². The van der Waals surface area contributed by atoms with Crippen molar-refractivity contribution < 1.29 is 0 Å². The largest absolute Gasteiger partial charge is 0.301 e. The van der Waals surface area contributed by atoms with E-state index in [1.165, 1.54) is 33.5 Å². The van der Waals surface area contributed by atoms with Gasteiger partial charge in [0, 0.05) is 19.0 Å². The Labute approximate surface area is 185 Å². The molecule has 3 heteroatoms. The fourth-order valence-corrected chi connectivity index (χ4v) is 4.75. The standard InChI is InChI=1S/C28H29N3/c1-20-9-13-22(14-10-20)17-24-18-30(3)19-26-27(24)29-31(25-7-5-4-6-8-25)28(26)23-15-11-21(2)12-16-23/h4-17,26,28H,18-19H2,1-3H3/b24-17+/t26-,28+/m0/s1. The topological polar surface area (TPSA) is 18.8 Å². The molecule has 0 radical (unpaired) electrons. The molecule has 0 aliphatic carbocycles. The number of para-hydroxylation sites is 1. The van der Waals surface area contributed by atoms with Crippen molar-refractivity contribution in [2.75, 3.05) is 25.1 Å². The molecule has 0 spiro atoms. The molecule has 0 saturated carbocycles. The van der Waals surface area contributed by atoms with Crippen molar-refractivity contribution in [1.82, 2.24) is 4.90 Å². The molecule has 5 rings (SSSR count). The summed E-state index contributed by atoms with van der Waals surface area (Å²) in [6.45, 7) is 6.21. The van der Waals surface area contributed by atoms with Crippen LogP contribution in [0.25, 0.3) is 6.08 Å². The van der Waals surface area contributed by atoms with Crippen molar-refractivity contribution >= 4 is 17.5 Å². The maximum Gasteiger partial charge on any atom is 0.0872 e. The van der Waals surface area contributed by atoms with Crippen molar-refractivity contribution in [3.8, 4) is 0 Å². The normalized spacial score (nSPS) is 22.5. The number of nitrogens with zero attached hydrogens (tertiary/aromatic N) is 3. The molecule has 0 unspecified atom stereocenters. The van der Waals surface area contributed by atoms with Gasteiger partial charge in [-0.25, -0.2) is 0 Å². The van der Waals surface area contributed by atoms with Gasteiger partial charge in [0.05, 0.1) is 17.4 Å². The lowest BCUT2D eigenvalue weighted by molar-refractivity contribution is 0.303. The third-order valence-corrected chi connectivity index (χ3v) is 6.35. The molecule has 0 N–H and O–H groups in total. The molecule has 2 aliphatic rings. The predicted molar refractivity (Wildman–Crippen MR) is 130 cm³/mol. The predicted octanol–water partition coefficient (Wildman–Crippen LogP) is 5.87. The van der Waals surface area contributed by atoms with E-state index in [0.29, 0.717) is 5.92 Å². The summed E-state index contributed by atoms with van der Waals surface area (Å²) >= 11 is 0. The van der Waals surface area contributed by atoms with E-state index in [2.05, 4.69) is 116 Å². The highest BCUT2D eigenvalue weighted by Gasteiger charge is 2.43. The molecule has 3 nitrogen and oxygen atoms in total. The molecule has 3 aromatic carbocycles. The number of hydrogen-bond acceptors (Lipinski definition) is 3. The Kier molecular flexibility index (Phi) is 5.21. The van der Waals surface area contributed by atoms with Gasteiger partial charge in [-0.3, -0.25) is 5.01 Å². The molecular formula is C28H29N3. The highest BCUT2D eigenvalue weighted by molar-refractivity contribution is 6.08. The van der Waals surface area contributed by atoms with Gasteiger partial charge >= 0.3 is 0 Å². The van der Waals surface area contributed by atoms with Gasteiger partial charge in [0.25, 0.3) is 0 Å². The summed E-state index contributed by atoms with van der Waals surface area (Å²) < 4.78 is 0. The van der Waals surface area contributed by atoms with E-state index in [4.69, 9.17) is 5.10 Å². The number of likely N-dealkylation sites (tertiary alicyclic amines) is 1. The number of aryl methyl sites for hydroxylation is 2. The van der Waals surface area contributed by atoms with Crippen LogP contribution in [0.15, 0.2) is 89.5 Å². The first-order chi connectivity index (χ1) is 15.1. The Morgan fingerprint density at radius 3 is 2.16 bits per heavy atom. The van der Waals surface area contributed by atoms with Gasteiger partial charge in [-0.1, -0.05) is 77.9 Å². The lowest BCUT2D eigenvalue weighted by atomic mass is 9.83. The molecule has 1 saturated heterocycles. The smallest absolute Gasteiger partial charge is 0.0872 e. The van der Waals surface area contributed by atoms with Crippen LogP contribution in [0.2, 0.25) is 0 Å². The number of benzene rings is 3. The zero-order valence-electron chi connectivity index (χ0n) is 18.5. The van der Waals surface area contributed by atoms with Crippen molar-refractivity contribution in [2.45, 2.75) is 19.9 Å². The molecule has 31 heavy (non-hydrogen) atoms. The zero-order chi connectivity index (χ0) is 21.4. The van der Waals surface area contributed by atoms with E-state index in [1.807, 2.05) is 0 Å². The summed E-state index contributed by atoms with van der Waals surface area (Å²) in [5.41, 5.74) is 8.83. The number of hydrazone groups is 1. The third-order valence-electron chi connectivity index (χ3n) is 6.35. The second-order valence-electron chi connectivity index (χ2n) is 8.90. The molecular weight excluding hydrogens is 378 g/mol. The molecule has 0 amide bonds. The zero-order valence-corrected chi connectivity index (χ0v) is 18.5. The van der Waals surface area contributed by atoms with Crippen LogP contribution in [0, 0.1) is 19.8 Å². The summed E-state index contributed by atoms with van der Waals surface area (Å²) in [5, 5.41) is 7.49. The van der Waals surface area contributed by atoms with Gasteiger partial charge in [-0.05, 0) is 55.8 Å². The van der Waals surface area contributed by atoms with E-state index in [0.717, 1.165) is 18.8 Å². The average Bonchev–Trinajstić information content (AvgIpc) is 3.16. The Balaban J connectivity index is 1.60.